The first-order chi connectivity index (χ1) is 11.3. The van der Waals surface area contributed by atoms with Gasteiger partial charge in [-0.05, 0) is 23.6 Å². The van der Waals surface area contributed by atoms with Gasteiger partial charge in [0.15, 0.2) is 0 Å². The second-order valence-corrected chi connectivity index (χ2v) is 5.97. The predicted octanol–water partition coefficient (Wildman–Crippen LogP) is 3.22. The molecule has 0 aliphatic carbocycles. The minimum Gasteiger partial charge on any atom is -0.340 e. The van der Waals surface area contributed by atoms with Crippen LogP contribution in [0.4, 0.5) is 0 Å². The van der Waals surface area contributed by atoms with Crippen molar-refractivity contribution in [2.75, 3.05) is 26.2 Å². The number of hydrogen-bond acceptors (Lipinski definition) is 2. The van der Waals surface area contributed by atoms with Gasteiger partial charge in [0.1, 0.15) is 0 Å². The van der Waals surface area contributed by atoms with E-state index in [1.807, 2.05) is 11.0 Å². The number of piperazine rings is 1. The number of hydrogen-bond donors (Lipinski definition) is 0. The Labute approximate surface area is 138 Å². The van der Waals surface area contributed by atoms with Gasteiger partial charge in [-0.1, -0.05) is 54.6 Å². The van der Waals surface area contributed by atoms with Gasteiger partial charge in [0.2, 0.25) is 5.91 Å². The van der Waals surface area contributed by atoms with Crippen molar-refractivity contribution in [1.29, 1.82) is 0 Å². The minimum atomic E-state index is 0.164. The standard InChI is InChI=1S/C20H23N2O/c1-2-20(23)22-14-12-21(13-15-22)16-17-8-10-19(11-9-17)18-6-4-3-5-7-18/h3-11H,1-2,12-16H2. The zero-order chi connectivity index (χ0) is 16.1. The maximum absolute atomic E-state index is 11.6. The summed E-state index contributed by atoms with van der Waals surface area (Å²) in [7, 11) is 0. The van der Waals surface area contributed by atoms with Crippen LogP contribution >= 0.6 is 0 Å². The van der Waals surface area contributed by atoms with Crippen molar-refractivity contribution in [3.8, 4) is 11.1 Å². The molecule has 1 amide bonds. The molecule has 0 N–H and O–H groups in total. The van der Waals surface area contributed by atoms with E-state index in [1.165, 1.54) is 16.7 Å². The smallest absolute Gasteiger partial charge is 0.222 e. The van der Waals surface area contributed by atoms with Crippen molar-refractivity contribution < 1.29 is 4.79 Å². The Bertz CT molecular complexity index is 628. The lowest BCUT2D eigenvalue weighted by Gasteiger charge is -2.34. The van der Waals surface area contributed by atoms with Crippen molar-refractivity contribution in [1.82, 2.24) is 9.80 Å². The van der Waals surface area contributed by atoms with E-state index in [9.17, 15) is 4.79 Å². The Morgan fingerprint density at radius 3 is 2.09 bits per heavy atom. The number of rotatable bonds is 4. The minimum absolute atomic E-state index is 0.164. The average molecular weight is 307 g/mol. The van der Waals surface area contributed by atoms with Gasteiger partial charge in [0.05, 0.1) is 0 Å². The molecule has 0 bridgehead atoms. The van der Waals surface area contributed by atoms with E-state index >= 15 is 0 Å². The van der Waals surface area contributed by atoms with Crippen LogP contribution in [-0.2, 0) is 11.3 Å². The predicted molar refractivity (Wildman–Crippen MR) is 93.7 cm³/mol. The molecule has 0 aromatic heterocycles. The highest BCUT2D eigenvalue weighted by atomic mass is 16.2. The van der Waals surface area contributed by atoms with E-state index < -0.39 is 0 Å². The molecule has 2 aromatic rings. The third-order valence-corrected chi connectivity index (χ3v) is 4.41. The van der Waals surface area contributed by atoms with Gasteiger partial charge in [0, 0.05) is 39.1 Å². The first kappa shape index (κ1) is 15.8. The molecular weight excluding hydrogens is 284 g/mol. The molecule has 1 aliphatic heterocycles. The summed E-state index contributed by atoms with van der Waals surface area (Å²) in [5, 5.41) is 0. The molecule has 1 radical (unpaired) electrons. The third-order valence-electron chi connectivity index (χ3n) is 4.41. The molecule has 1 aliphatic rings. The third kappa shape index (κ3) is 3.99. The zero-order valence-electron chi connectivity index (χ0n) is 13.4. The maximum Gasteiger partial charge on any atom is 0.222 e. The van der Waals surface area contributed by atoms with Gasteiger partial charge in [-0.3, -0.25) is 9.69 Å². The Hall–Kier alpha value is -2.13. The highest BCUT2D eigenvalue weighted by Gasteiger charge is 2.19. The van der Waals surface area contributed by atoms with Gasteiger partial charge in [-0.2, -0.15) is 0 Å². The van der Waals surface area contributed by atoms with Crippen LogP contribution in [0.2, 0.25) is 0 Å². The first-order valence-corrected chi connectivity index (χ1v) is 8.20. The molecule has 3 rings (SSSR count). The molecule has 1 saturated heterocycles. The largest absolute Gasteiger partial charge is 0.340 e. The summed E-state index contributed by atoms with van der Waals surface area (Å²) in [6, 6.07) is 19.2. The van der Waals surface area contributed by atoms with Crippen LogP contribution in [0.15, 0.2) is 54.6 Å². The lowest BCUT2D eigenvalue weighted by Crippen LogP contribution is -2.48. The number of benzene rings is 2. The van der Waals surface area contributed by atoms with Gasteiger partial charge in [0.25, 0.3) is 0 Å². The van der Waals surface area contributed by atoms with E-state index in [1.54, 1.807) is 0 Å². The summed E-state index contributed by atoms with van der Waals surface area (Å²) in [5.74, 6) is 0.164. The van der Waals surface area contributed by atoms with E-state index in [0.717, 1.165) is 32.7 Å². The van der Waals surface area contributed by atoms with Crippen LogP contribution in [0.3, 0.4) is 0 Å². The molecule has 0 saturated carbocycles. The van der Waals surface area contributed by atoms with Crippen LogP contribution in [0, 0.1) is 6.92 Å². The quantitative estimate of drug-likeness (QED) is 0.866. The Kier molecular flexibility index (Phi) is 5.09. The lowest BCUT2D eigenvalue weighted by atomic mass is 10.0. The fraction of sp³-hybridized carbons (Fsp3) is 0.300. The van der Waals surface area contributed by atoms with Crippen LogP contribution in [-0.4, -0.2) is 41.9 Å². The zero-order valence-corrected chi connectivity index (χ0v) is 13.4. The van der Waals surface area contributed by atoms with Gasteiger partial charge >= 0.3 is 0 Å². The highest BCUT2D eigenvalue weighted by Crippen LogP contribution is 2.20. The Morgan fingerprint density at radius 1 is 0.870 bits per heavy atom. The summed E-state index contributed by atoms with van der Waals surface area (Å²) < 4.78 is 0. The fourth-order valence-corrected chi connectivity index (χ4v) is 3.00. The number of nitrogens with zero attached hydrogens (tertiary/aromatic N) is 2. The number of carbonyl (C=O) groups is 1. The maximum atomic E-state index is 11.6. The van der Waals surface area contributed by atoms with E-state index in [4.69, 9.17) is 0 Å². The molecule has 0 atom stereocenters. The fourth-order valence-electron chi connectivity index (χ4n) is 3.00. The average Bonchev–Trinajstić information content (AvgIpc) is 2.63. The van der Waals surface area contributed by atoms with Crippen LogP contribution in [0.25, 0.3) is 11.1 Å². The normalized spacial score (nSPS) is 15.6. The number of carbonyl (C=O) groups excluding carboxylic acids is 1. The first-order valence-electron chi connectivity index (χ1n) is 8.20. The monoisotopic (exact) mass is 307 g/mol. The molecule has 0 unspecified atom stereocenters. The van der Waals surface area contributed by atoms with E-state index in [2.05, 4.69) is 60.4 Å². The molecule has 1 fully saturated rings. The summed E-state index contributed by atoms with van der Waals surface area (Å²) >= 11 is 0. The SMILES string of the molecule is [CH2]CC(=O)N1CCN(Cc2ccc(-c3ccccc3)cc2)CC1. The molecule has 119 valence electrons. The molecule has 2 aromatic carbocycles. The van der Waals surface area contributed by atoms with Gasteiger partial charge < -0.3 is 4.90 Å². The number of amides is 1. The highest BCUT2D eigenvalue weighted by molar-refractivity contribution is 5.76. The topological polar surface area (TPSA) is 23.6 Å². The van der Waals surface area contributed by atoms with Crippen molar-refractivity contribution in [3.63, 3.8) is 0 Å². The van der Waals surface area contributed by atoms with Crippen molar-refractivity contribution in [2.45, 2.75) is 13.0 Å². The molecule has 1 heterocycles. The van der Waals surface area contributed by atoms with E-state index in [-0.39, 0.29) is 5.91 Å². The summed E-state index contributed by atoms with van der Waals surface area (Å²) in [4.78, 5) is 16.0. The molecule has 0 spiro atoms. The summed E-state index contributed by atoms with van der Waals surface area (Å²) in [6.07, 6.45) is 0.362. The molecular formula is C20H23N2O. The summed E-state index contributed by atoms with van der Waals surface area (Å²) in [5.41, 5.74) is 3.82. The second kappa shape index (κ2) is 7.42. The van der Waals surface area contributed by atoms with Crippen LogP contribution in [0.1, 0.15) is 12.0 Å². The molecule has 23 heavy (non-hydrogen) atoms. The second-order valence-electron chi connectivity index (χ2n) is 5.97. The lowest BCUT2D eigenvalue weighted by molar-refractivity contribution is -0.132. The van der Waals surface area contributed by atoms with E-state index in [0.29, 0.717) is 6.42 Å². The Balaban J connectivity index is 1.56. The van der Waals surface area contributed by atoms with Gasteiger partial charge in [-0.15, -0.1) is 0 Å². The molecule has 3 heteroatoms. The summed E-state index contributed by atoms with van der Waals surface area (Å²) in [6.45, 7) is 8.13. The molecule has 3 nitrogen and oxygen atoms in total. The van der Waals surface area contributed by atoms with Crippen molar-refractivity contribution in [3.05, 3.63) is 67.1 Å². The van der Waals surface area contributed by atoms with Gasteiger partial charge in [-0.25, -0.2) is 0 Å². The van der Waals surface area contributed by atoms with Crippen molar-refractivity contribution >= 4 is 5.91 Å². The van der Waals surface area contributed by atoms with Crippen LogP contribution < -0.4 is 0 Å². The van der Waals surface area contributed by atoms with Crippen molar-refractivity contribution in [2.24, 2.45) is 0 Å². The Morgan fingerprint density at radius 2 is 1.48 bits per heavy atom. The van der Waals surface area contributed by atoms with Crippen LogP contribution in [0.5, 0.6) is 0 Å².